The molecule has 0 fully saturated rings. The summed E-state index contributed by atoms with van der Waals surface area (Å²) in [5.41, 5.74) is 0. The van der Waals surface area contributed by atoms with Gasteiger partial charge in [-0.2, -0.15) is 4.68 Å². The smallest absolute Gasteiger partial charge is 0.437 e. The summed E-state index contributed by atoms with van der Waals surface area (Å²) in [7, 11) is 1.65. The molecule has 0 N–H and O–H groups in total. The number of carbonyl (C=O) groups excluding carboxylic acids is 1. The number of furan rings is 1. The third-order valence-electron chi connectivity index (χ3n) is 3.07. The highest BCUT2D eigenvalue weighted by Crippen LogP contribution is 2.22. The van der Waals surface area contributed by atoms with Gasteiger partial charge < -0.3 is 13.7 Å². The fraction of sp³-hybridized carbons (Fsp3) is 0.214. The number of carbonyl (C=O) groups is 1. The van der Waals surface area contributed by atoms with E-state index in [1.54, 1.807) is 25.2 Å². The first kappa shape index (κ1) is 15.6. The molecule has 3 aromatic heterocycles. The average Bonchev–Trinajstić information content (AvgIpc) is 3.22. The molecule has 1 amide bonds. The van der Waals surface area contributed by atoms with Crippen LogP contribution in [0.4, 0.5) is 0 Å². The first-order valence-electron chi connectivity index (χ1n) is 6.63. The Morgan fingerprint density at radius 1 is 1.43 bits per heavy atom. The van der Waals surface area contributed by atoms with Crippen LogP contribution in [-0.4, -0.2) is 27.6 Å². The lowest BCUT2D eigenvalue weighted by molar-refractivity contribution is -0.131. The highest BCUT2D eigenvalue weighted by Gasteiger charge is 2.17. The van der Waals surface area contributed by atoms with Gasteiger partial charge in [0.25, 0.3) is 5.89 Å². The second-order valence-electron chi connectivity index (χ2n) is 4.76. The number of hydrogen-bond acceptors (Lipinski definition) is 6. The second kappa shape index (κ2) is 6.43. The molecule has 3 heterocycles. The van der Waals surface area contributed by atoms with Crippen LogP contribution in [-0.2, 0) is 17.9 Å². The highest BCUT2D eigenvalue weighted by atomic mass is 35.5. The maximum atomic E-state index is 12.2. The van der Waals surface area contributed by atoms with Crippen LogP contribution in [0.25, 0.3) is 11.7 Å². The fourth-order valence-corrected chi connectivity index (χ4v) is 3.05. The van der Waals surface area contributed by atoms with E-state index in [-0.39, 0.29) is 18.3 Å². The minimum Gasteiger partial charge on any atom is -0.459 e. The number of nitrogens with zero attached hydrogens (tertiary/aromatic N) is 3. The molecule has 3 aromatic rings. The molecule has 0 radical (unpaired) electrons. The molecule has 3 rings (SSSR count). The Morgan fingerprint density at radius 3 is 2.91 bits per heavy atom. The van der Waals surface area contributed by atoms with E-state index in [2.05, 4.69) is 5.10 Å². The molecule has 0 atom stereocenters. The predicted octanol–water partition coefficient (Wildman–Crippen LogP) is 2.47. The summed E-state index contributed by atoms with van der Waals surface area (Å²) in [6, 6.07) is 6.90. The van der Waals surface area contributed by atoms with Gasteiger partial charge in [0, 0.05) is 11.9 Å². The number of hydrogen-bond donors (Lipinski definition) is 0. The lowest BCUT2D eigenvalue weighted by atomic mass is 10.4. The monoisotopic (exact) mass is 353 g/mol. The normalized spacial score (nSPS) is 10.9. The molecular formula is C14H12ClN3O4S. The van der Waals surface area contributed by atoms with Gasteiger partial charge in [0.05, 0.1) is 17.1 Å². The lowest BCUT2D eigenvalue weighted by Gasteiger charge is -2.15. The first-order valence-corrected chi connectivity index (χ1v) is 7.82. The third kappa shape index (κ3) is 3.54. The molecule has 120 valence electrons. The van der Waals surface area contributed by atoms with Gasteiger partial charge in [-0.3, -0.25) is 4.79 Å². The van der Waals surface area contributed by atoms with E-state index in [1.807, 2.05) is 6.07 Å². The van der Waals surface area contributed by atoms with Crippen molar-refractivity contribution in [1.82, 2.24) is 14.7 Å². The summed E-state index contributed by atoms with van der Waals surface area (Å²) < 4.78 is 11.7. The Hall–Kier alpha value is -2.32. The fourth-order valence-electron chi connectivity index (χ4n) is 1.91. The van der Waals surface area contributed by atoms with E-state index in [0.717, 1.165) is 9.56 Å². The van der Waals surface area contributed by atoms with Crippen LogP contribution < -0.4 is 5.76 Å². The number of aromatic nitrogens is 2. The minimum atomic E-state index is -0.711. The van der Waals surface area contributed by atoms with Crippen molar-refractivity contribution in [3.05, 3.63) is 50.3 Å². The minimum absolute atomic E-state index is 0.0421. The molecule has 9 heteroatoms. The van der Waals surface area contributed by atoms with Gasteiger partial charge >= 0.3 is 5.76 Å². The van der Waals surface area contributed by atoms with Crippen molar-refractivity contribution >= 4 is 28.8 Å². The van der Waals surface area contributed by atoms with Crippen LogP contribution >= 0.6 is 22.9 Å². The largest absolute Gasteiger partial charge is 0.459 e. The van der Waals surface area contributed by atoms with Crippen molar-refractivity contribution in [3.8, 4) is 11.7 Å². The quantitative estimate of drug-likeness (QED) is 0.703. The molecule has 0 saturated heterocycles. The van der Waals surface area contributed by atoms with E-state index < -0.39 is 5.76 Å². The molecule has 0 bridgehead atoms. The first-order chi connectivity index (χ1) is 11.0. The van der Waals surface area contributed by atoms with Crippen LogP contribution in [0.1, 0.15) is 4.88 Å². The van der Waals surface area contributed by atoms with Crippen molar-refractivity contribution in [3.63, 3.8) is 0 Å². The van der Waals surface area contributed by atoms with Crippen molar-refractivity contribution in [2.75, 3.05) is 7.05 Å². The average molecular weight is 354 g/mol. The Bertz CT molecular complexity index is 865. The van der Waals surface area contributed by atoms with Gasteiger partial charge in [0.15, 0.2) is 5.76 Å². The standard InChI is InChI=1S/C14H12ClN3O4S/c1-17(7-9-4-5-11(15)23-9)12(19)8-18-14(20)22-13(16-18)10-3-2-6-21-10/h2-6H,7-8H2,1H3. The molecule has 7 nitrogen and oxygen atoms in total. The Labute approximate surface area is 139 Å². The molecule has 0 spiro atoms. The van der Waals surface area contributed by atoms with Crippen molar-refractivity contribution < 1.29 is 13.6 Å². The topological polar surface area (TPSA) is 81.5 Å². The van der Waals surface area contributed by atoms with E-state index >= 15 is 0 Å². The van der Waals surface area contributed by atoms with Gasteiger partial charge in [-0.25, -0.2) is 4.79 Å². The zero-order valence-corrected chi connectivity index (χ0v) is 13.6. The number of halogens is 1. The van der Waals surface area contributed by atoms with Gasteiger partial charge in [-0.15, -0.1) is 16.4 Å². The predicted molar refractivity (Wildman–Crippen MR) is 84.3 cm³/mol. The maximum Gasteiger partial charge on any atom is 0.437 e. The number of likely N-dealkylation sites (N-methyl/N-ethyl adjacent to an activating group) is 1. The van der Waals surface area contributed by atoms with Crippen LogP contribution in [0.2, 0.25) is 4.34 Å². The summed E-state index contributed by atoms with van der Waals surface area (Å²) in [6.07, 6.45) is 1.44. The maximum absolute atomic E-state index is 12.2. The molecule has 0 aliphatic rings. The van der Waals surface area contributed by atoms with E-state index in [1.165, 1.54) is 22.5 Å². The molecule has 23 heavy (non-hydrogen) atoms. The summed E-state index contributed by atoms with van der Waals surface area (Å²) in [6.45, 7) is 0.201. The van der Waals surface area contributed by atoms with Crippen LogP contribution in [0, 0.1) is 0 Å². The molecular weight excluding hydrogens is 342 g/mol. The summed E-state index contributed by atoms with van der Waals surface area (Å²) in [5.74, 6) is -0.608. The molecule has 0 saturated carbocycles. The van der Waals surface area contributed by atoms with E-state index in [9.17, 15) is 9.59 Å². The summed E-state index contributed by atoms with van der Waals surface area (Å²) in [4.78, 5) is 26.4. The van der Waals surface area contributed by atoms with Gasteiger partial charge in [0.2, 0.25) is 5.91 Å². The zero-order chi connectivity index (χ0) is 16.4. The van der Waals surface area contributed by atoms with Crippen LogP contribution in [0.5, 0.6) is 0 Å². The van der Waals surface area contributed by atoms with Gasteiger partial charge in [-0.05, 0) is 24.3 Å². The number of thiophene rings is 1. The summed E-state index contributed by atoms with van der Waals surface area (Å²) in [5, 5.41) is 3.96. The second-order valence-corrected chi connectivity index (χ2v) is 6.56. The Kier molecular flexibility index (Phi) is 4.35. The van der Waals surface area contributed by atoms with E-state index in [0.29, 0.717) is 16.6 Å². The van der Waals surface area contributed by atoms with Gasteiger partial charge in [0.1, 0.15) is 6.54 Å². The van der Waals surface area contributed by atoms with Crippen LogP contribution in [0.3, 0.4) is 0 Å². The van der Waals surface area contributed by atoms with Gasteiger partial charge in [-0.1, -0.05) is 11.6 Å². The molecule has 0 aromatic carbocycles. The Morgan fingerprint density at radius 2 is 2.26 bits per heavy atom. The SMILES string of the molecule is CN(Cc1ccc(Cl)s1)C(=O)Cn1nc(-c2ccco2)oc1=O. The van der Waals surface area contributed by atoms with Crippen molar-refractivity contribution in [1.29, 1.82) is 0 Å². The lowest BCUT2D eigenvalue weighted by Crippen LogP contribution is -2.32. The third-order valence-corrected chi connectivity index (χ3v) is 4.29. The summed E-state index contributed by atoms with van der Waals surface area (Å²) >= 11 is 7.27. The van der Waals surface area contributed by atoms with Crippen molar-refractivity contribution in [2.45, 2.75) is 13.1 Å². The molecule has 0 aliphatic carbocycles. The number of rotatable bonds is 5. The highest BCUT2D eigenvalue weighted by molar-refractivity contribution is 7.16. The zero-order valence-electron chi connectivity index (χ0n) is 12.1. The number of amides is 1. The van der Waals surface area contributed by atoms with Crippen molar-refractivity contribution in [2.24, 2.45) is 0 Å². The van der Waals surface area contributed by atoms with Crippen LogP contribution in [0.15, 0.2) is 44.2 Å². The molecule has 0 unspecified atom stereocenters. The Balaban J connectivity index is 1.69. The molecule has 0 aliphatic heterocycles. The van der Waals surface area contributed by atoms with E-state index in [4.69, 9.17) is 20.4 Å².